The highest BCUT2D eigenvalue weighted by Gasteiger charge is 2.32. The van der Waals surface area contributed by atoms with E-state index in [2.05, 4.69) is 9.98 Å². The lowest BCUT2D eigenvalue weighted by molar-refractivity contribution is -0.528. The highest BCUT2D eigenvalue weighted by molar-refractivity contribution is 6.37. The molecule has 23 heavy (non-hydrogen) atoms. The molecule has 0 amide bonds. The van der Waals surface area contributed by atoms with Crippen LogP contribution in [0.3, 0.4) is 0 Å². The molecule has 3 rings (SSSR count). The maximum absolute atomic E-state index is 11.4. The van der Waals surface area contributed by atoms with E-state index >= 15 is 0 Å². The predicted octanol–water partition coefficient (Wildman–Crippen LogP) is 2.58. The minimum absolute atomic E-state index is 0.565. The van der Waals surface area contributed by atoms with E-state index in [-0.39, 0.29) is 0 Å². The van der Waals surface area contributed by atoms with Crippen LogP contribution >= 0.6 is 0 Å². The van der Waals surface area contributed by atoms with Gasteiger partial charge in [0.15, 0.2) is 6.21 Å². The summed E-state index contributed by atoms with van der Waals surface area (Å²) in [6.07, 6.45) is 3.04. The Bertz CT molecular complexity index is 713. The summed E-state index contributed by atoms with van der Waals surface area (Å²) < 4.78 is 1.75. The van der Waals surface area contributed by atoms with Crippen LogP contribution < -0.4 is 0 Å². The van der Waals surface area contributed by atoms with Crippen LogP contribution in [-0.2, 0) is 0 Å². The molecule has 0 saturated heterocycles. The predicted molar refractivity (Wildman–Crippen MR) is 93.6 cm³/mol. The number of hydrogen-bond donors (Lipinski definition) is 0. The number of rotatable bonds is 1. The fraction of sp³-hybridized carbons (Fsp3) is 0.412. The van der Waals surface area contributed by atoms with Crippen LogP contribution in [0.1, 0.15) is 40.2 Å². The Labute approximate surface area is 136 Å². The van der Waals surface area contributed by atoms with E-state index in [0.717, 1.165) is 26.5 Å². The molecular formula is C17H22N4O2. The van der Waals surface area contributed by atoms with Gasteiger partial charge in [0, 0.05) is 33.3 Å². The van der Waals surface area contributed by atoms with Gasteiger partial charge in [0.25, 0.3) is 11.3 Å². The number of hydroxylamine groups is 2. The van der Waals surface area contributed by atoms with Gasteiger partial charge in [0.2, 0.25) is 6.21 Å². The maximum atomic E-state index is 11.4. The molecule has 1 aromatic rings. The van der Waals surface area contributed by atoms with Gasteiger partial charge in [-0.3, -0.25) is 0 Å². The Balaban J connectivity index is 0.000000185. The third-order valence-corrected chi connectivity index (χ3v) is 3.54. The highest BCUT2D eigenvalue weighted by Crippen LogP contribution is 2.17. The topological polar surface area (TPSA) is 76.9 Å². The summed E-state index contributed by atoms with van der Waals surface area (Å²) in [5, 5.41) is 22.3. The van der Waals surface area contributed by atoms with Crippen LogP contribution in [0.25, 0.3) is 0 Å². The molecular weight excluding hydrogens is 292 g/mol. The first-order valence-electron chi connectivity index (χ1n) is 7.46. The lowest BCUT2D eigenvalue weighted by Crippen LogP contribution is -2.26. The largest absolute Gasteiger partial charge is 0.622 e. The molecule has 0 unspecified atom stereocenters. The molecule has 0 aliphatic carbocycles. The van der Waals surface area contributed by atoms with Crippen molar-refractivity contribution in [1.29, 1.82) is 0 Å². The average Bonchev–Trinajstić information content (AvgIpc) is 2.86. The molecule has 0 fully saturated rings. The summed E-state index contributed by atoms with van der Waals surface area (Å²) in [7, 11) is 0. The molecule has 0 N–H and O–H groups in total. The quantitative estimate of drug-likeness (QED) is 0.590. The molecule has 0 aromatic heterocycles. The van der Waals surface area contributed by atoms with Gasteiger partial charge in [-0.05, 0) is 6.92 Å². The molecule has 122 valence electrons. The van der Waals surface area contributed by atoms with Crippen molar-refractivity contribution in [2.24, 2.45) is 9.98 Å². The standard InChI is InChI=1S/C11H12N2O.C6H10N2O/c1-11(2)12-10(8-13(11)14)9-6-4-3-5-7-9;1-5-4-8(9)6(2,3)7-5/h3-8H,1-2H3;4H,1-3H3. The summed E-state index contributed by atoms with van der Waals surface area (Å²) >= 11 is 0. The van der Waals surface area contributed by atoms with E-state index in [1.807, 2.05) is 37.3 Å². The van der Waals surface area contributed by atoms with Gasteiger partial charge in [0.05, 0.1) is 0 Å². The third kappa shape index (κ3) is 3.83. The van der Waals surface area contributed by atoms with Crippen molar-refractivity contribution in [2.75, 3.05) is 0 Å². The zero-order valence-electron chi connectivity index (χ0n) is 14.1. The fourth-order valence-corrected chi connectivity index (χ4v) is 2.23. The molecule has 1 aromatic carbocycles. The van der Waals surface area contributed by atoms with Crippen molar-refractivity contribution in [3.05, 3.63) is 46.3 Å². The molecule has 6 nitrogen and oxygen atoms in total. The summed E-state index contributed by atoms with van der Waals surface area (Å²) in [5.74, 6) is 0. The van der Waals surface area contributed by atoms with Crippen molar-refractivity contribution < 1.29 is 9.48 Å². The van der Waals surface area contributed by atoms with Gasteiger partial charge in [-0.1, -0.05) is 30.3 Å². The zero-order chi connectivity index (χ0) is 17.3. The van der Waals surface area contributed by atoms with E-state index < -0.39 is 11.3 Å². The summed E-state index contributed by atoms with van der Waals surface area (Å²) in [6, 6.07) is 9.71. The summed E-state index contributed by atoms with van der Waals surface area (Å²) in [5.41, 5.74) is 1.31. The van der Waals surface area contributed by atoms with Gasteiger partial charge in [-0.15, -0.1) is 0 Å². The number of nitrogens with zero attached hydrogens (tertiary/aromatic N) is 4. The molecule has 0 atom stereocenters. The smallest absolute Gasteiger partial charge is 0.260 e. The zero-order valence-corrected chi connectivity index (χ0v) is 14.1. The molecule has 0 spiro atoms. The van der Waals surface area contributed by atoms with E-state index in [9.17, 15) is 10.4 Å². The van der Waals surface area contributed by atoms with E-state index in [1.54, 1.807) is 27.7 Å². The molecule has 0 radical (unpaired) electrons. The lowest BCUT2D eigenvalue weighted by atomic mass is 10.1. The van der Waals surface area contributed by atoms with E-state index in [1.165, 1.54) is 12.4 Å². The average molecular weight is 314 g/mol. The number of benzene rings is 1. The van der Waals surface area contributed by atoms with Crippen LogP contribution in [0.4, 0.5) is 0 Å². The van der Waals surface area contributed by atoms with Crippen molar-refractivity contribution in [1.82, 2.24) is 0 Å². The summed E-state index contributed by atoms with van der Waals surface area (Å²) in [4.78, 5) is 8.42. The fourth-order valence-electron chi connectivity index (χ4n) is 2.23. The number of aliphatic imine (C=N–C) groups is 2. The number of hydrogen-bond acceptors (Lipinski definition) is 4. The Hall–Kier alpha value is -2.50. The van der Waals surface area contributed by atoms with Crippen molar-refractivity contribution in [3.8, 4) is 0 Å². The van der Waals surface area contributed by atoms with E-state index in [4.69, 9.17) is 0 Å². The van der Waals surface area contributed by atoms with Crippen molar-refractivity contribution in [2.45, 2.75) is 45.9 Å². The highest BCUT2D eigenvalue weighted by atomic mass is 16.5. The molecule has 0 saturated carbocycles. The normalized spacial score (nSPS) is 20.7. The van der Waals surface area contributed by atoms with Crippen molar-refractivity contribution >= 4 is 23.9 Å². The molecule has 6 heteroatoms. The lowest BCUT2D eigenvalue weighted by Gasteiger charge is -2.13. The first kappa shape index (κ1) is 16.9. The van der Waals surface area contributed by atoms with E-state index in [0.29, 0.717) is 0 Å². The van der Waals surface area contributed by atoms with Crippen molar-refractivity contribution in [3.63, 3.8) is 0 Å². The Morgan fingerprint density at radius 3 is 1.70 bits per heavy atom. The molecule has 2 aliphatic rings. The first-order chi connectivity index (χ1) is 10.6. The van der Waals surface area contributed by atoms with Gasteiger partial charge >= 0.3 is 0 Å². The Kier molecular flexibility index (Phi) is 4.36. The molecule has 2 heterocycles. The summed E-state index contributed by atoms with van der Waals surface area (Å²) in [6.45, 7) is 8.98. The van der Waals surface area contributed by atoms with Crippen LogP contribution in [0.15, 0.2) is 40.3 Å². The van der Waals surface area contributed by atoms with Gasteiger partial charge in [-0.2, -0.15) is 9.48 Å². The maximum Gasteiger partial charge on any atom is 0.260 e. The Morgan fingerprint density at radius 1 is 0.826 bits per heavy atom. The van der Waals surface area contributed by atoms with Gasteiger partial charge in [0.1, 0.15) is 11.4 Å². The second-order valence-electron chi connectivity index (χ2n) is 6.51. The van der Waals surface area contributed by atoms with Crippen LogP contribution in [0.5, 0.6) is 0 Å². The third-order valence-electron chi connectivity index (χ3n) is 3.54. The van der Waals surface area contributed by atoms with Crippen LogP contribution in [-0.4, -0.2) is 44.7 Å². The first-order valence-corrected chi connectivity index (χ1v) is 7.46. The minimum atomic E-state index is -0.662. The van der Waals surface area contributed by atoms with Gasteiger partial charge in [-0.25, -0.2) is 9.98 Å². The molecule has 0 bridgehead atoms. The van der Waals surface area contributed by atoms with Gasteiger partial charge < -0.3 is 10.4 Å². The second kappa shape index (κ2) is 5.95. The monoisotopic (exact) mass is 314 g/mol. The minimum Gasteiger partial charge on any atom is -0.622 e. The second-order valence-corrected chi connectivity index (χ2v) is 6.51. The van der Waals surface area contributed by atoms with Crippen LogP contribution in [0.2, 0.25) is 0 Å². The SMILES string of the molecule is CC1(C)N=C(c2ccccc2)C=[N+]1[O-].CC1=NC(C)(C)[N+]([O-])=C1. The van der Waals surface area contributed by atoms with Crippen LogP contribution in [0, 0.1) is 10.4 Å². The Morgan fingerprint density at radius 2 is 1.35 bits per heavy atom. The molecule has 2 aliphatic heterocycles.